The van der Waals surface area contributed by atoms with Crippen molar-refractivity contribution >= 4 is 22.5 Å². The van der Waals surface area contributed by atoms with Crippen LogP contribution in [0.4, 0.5) is 5.82 Å². The number of hydrogen-bond donors (Lipinski definition) is 3. The van der Waals surface area contributed by atoms with Crippen LogP contribution in [0.15, 0.2) is 54.7 Å². The molecule has 1 amide bonds. The summed E-state index contributed by atoms with van der Waals surface area (Å²) in [7, 11) is 0. The fourth-order valence-electron chi connectivity index (χ4n) is 4.05. The molecule has 2 aromatic carbocycles. The molecule has 156 valence electrons. The Morgan fingerprint density at radius 1 is 1.03 bits per heavy atom. The highest BCUT2D eigenvalue weighted by atomic mass is 16.5. The molecule has 0 aliphatic carbocycles. The highest BCUT2D eigenvalue weighted by Gasteiger charge is 2.20. The van der Waals surface area contributed by atoms with Gasteiger partial charge in [-0.15, -0.1) is 0 Å². The summed E-state index contributed by atoms with van der Waals surface area (Å²) in [6.45, 7) is 1.96. The van der Waals surface area contributed by atoms with Crippen molar-refractivity contribution in [3.05, 3.63) is 77.1 Å². The van der Waals surface area contributed by atoms with Crippen molar-refractivity contribution in [1.29, 1.82) is 0 Å². The summed E-state index contributed by atoms with van der Waals surface area (Å²) in [6, 6.07) is 15.7. The highest BCUT2D eigenvalue weighted by molar-refractivity contribution is 6.09. The number of H-pyrrole nitrogens is 1. The molecule has 1 aliphatic heterocycles. The number of aromatic nitrogens is 3. The van der Waals surface area contributed by atoms with Crippen molar-refractivity contribution in [1.82, 2.24) is 15.0 Å². The average molecular weight is 413 g/mol. The predicted molar refractivity (Wildman–Crippen MR) is 120 cm³/mol. The molecule has 7 nitrogen and oxygen atoms in total. The molecule has 31 heavy (non-hydrogen) atoms. The van der Waals surface area contributed by atoms with E-state index in [1.165, 1.54) is 5.56 Å². The lowest BCUT2D eigenvalue weighted by Crippen LogP contribution is -2.11. The number of nitrogens with two attached hydrogens (primary N) is 1. The van der Waals surface area contributed by atoms with E-state index >= 15 is 0 Å². The van der Waals surface area contributed by atoms with Crippen LogP contribution >= 0.6 is 0 Å². The fourth-order valence-corrected chi connectivity index (χ4v) is 4.05. The van der Waals surface area contributed by atoms with Gasteiger partial charge in [-0.05, 0) is 11.6 Å². The Bertz CT molecular complexity index is 1250. The Labute approximate surface area is 179 Å². The smallest absolute Gasteiger partial charge is 0.249 e. The third kappa shape index (κ3) is 3.75. The van der Waals surface area contributed by atoms with Gasteiger partial charge in [-0.25, -0.2) is 9.97 Å². The number of benzene rings is 2. The van der Waals surface area contributed by atoms with E-state index in [-0.39, 0.29) is 0 Å². The van der Waals surface area contributed by atoms with Gasteiger partial charge in [-0.2, -0.15) is 0 Å². The van der Waals surface area contributed by atoms with E-state index < -0.39 is 5.91 Å². The van der Waals surface area contributed by atoms with Gasteiger partial charge < -0.3 is 20.8 Å². The number of rotatable bonds is 5. The first kappa shape index (κ1) is 19.3. The van der Waals surface area contributed by atoms with E-state index in [4.69, 9.17) is 20.4 Å². The third-order valence-electron chi connectivity index (χ3n) is 5.60. The molecule has 0 saturated heterocycles. The van der Waals surface area contributed by atoms with Crippen molar-refractivity contribution in [3.8, 4) is 11.5 Å². The van der Waals surface area contributed by atoms with Crippen LogP contribution in [-0.2, 0) is 24.1 Å². The summed E-state index contributed by atoms with van der Waals surface area (Å²) in [4.78, 5) is 24.8. The summed E-state index contributed by atoms with van der Waals surface area (Å²) >= 11 is 0. The molecule has 5 rings (SSSR count). The minimum Gasteiger partial charge on any atom is -0.381 e. The Balaban J connectivity index is 1.59. The molecule has 3 heterocycles. The number of aromatic amines is 1. The van der Waals surface area contributed by atoms with Crippen molar-refractivity contribution in [3.63, 3.8) is 0 Å². The number of anilines is 1. The van der Waals surface area contributed by atoms with Gasteiger partial charge in [0.25, 0.3) is 0 Å². The number of nitrogens with one attached hydrogen (secondary N) is 2. The van der Waals surface area contributed by atoms with Crippen LogP contribution < -0.4 is 11.1 Å². The second-order valence-electron chi connectivity index (χ2n) is 7.57. The Morgan fingerprint density at radius 3 is 2.71 bits per heavy atom. The van der Waals surface area contributed by atoms with Gasteiger partial charge in [-0.3, -0.25) is 4.79 Å². The van der Waals surface area contributed by atoms with Crippen LogP contribution in [0.2, 0.25) is 0 Å². The monoisotopic (exact) mass is 413 g/mol. The second kappa shape index (κ2) is 8.20. The van der Waals surface area contributed by atoms with Gasteiger partial charge in [-0.1, -0.05) is 42.5 Å². The number of nitrogens with zero attached hydrogens (tertiary/aromatic N) is 2. The number of primary amides is 1. The lowest BCUT2D eigenvalue weighted by atomic mass is 10.1. The van der Waals surface area contributed by atoms with Crippen molar-refractivity contribution in [2.45, 2.75) is 19.4 Å². The molecule has 7 heteroatoms. The van der Waals surface area contributed by atoms with E-state index in [0.717, 1.165) is 46.4 Å². The predicted octanol–water partition coefficient (Wildman–Crippen LogP) is 3.45. The summed E-state index contributed by atoms with van der Waals surface area (Å²) in [5.74, 6) is 0.956. The van der Waals surface area contributed by atoms with Crippen LogP contribution in [0.5, 0.6) is 0 Å². The molecule has 4 aromatic rings. The summed E-state index contributed by atoms with van der Waals surface area (Å²) < 4.78 is 5.68. The molecule has 0 spiro atoms. The largest absolute Gasteiger partial charge is 0.381 e. The number of fused-ring (bicyclic) bond motifs is 2. The zero-order chi connectivity index (χ0) is 21.2. The Hall–Kier alpha value is -3.71. The Kier molecular flexibility index (Phi) is 5.09. The first-order valence-corrected chi connectivity index (χ1v) is 10.4. The number of hydrogen-bond acceptors (Lipinski definition) is 5. The minimum atomic E-state index is -0.457. The van der Waals surface area contributed by atoms with Crippen LogP contribution in [0.25, 0.3) is 22.3 Å². The number of carbonyl (C=O) groups excluding carboxylic acids is 1. The lowest BCUT2D eigenvalue weighted by Gasteiger charge is -2.14. The van der Waals surface area contributed by atoms with Gasteiger partial charge in [0.1, 0.15) is 5.82 Å². The van der Waals surface area contributed by atoms with Crippen LogP contribution in [-0.4, -0.2) is 34.1 Å². The standard InChI is InChI=1S/C24H23N5O2/c25-22(30)17-8-4-7-16-19(17)14-26-21(16)24-28-20-10-12-31-11-9-18(20)23(29-24)27-13-15-5-2-1-3-6-15/h1-8,14,26H,9-13H2,(H2,25,30)(H,27,28,29). The van der Waals surface area contributed by atoms with Crippen LogP contribution in [0, 0.1) is 0 Å². The molecule has 4 N–H and O–H groups in total. The number of carbonyl (C=O) groups is 1. The fraction of sp³-hybridized carbons (Fsp3) is 0.208. The van der Waals surface area contributed by atoms with E-state index in [0.29, 0.717) is 31.1 Å². The summed E-state index contributed by atoms with van der Waals surface area (Å²) in [5.41, 5.74) is 10.1. The maximum absolute atomic E-state index is 11.8. The first-order valence-electron chi connectivity index (χ1n) is 10.4. The summed E-state index contributed by atoms with van der Waals surface area (Å²) in [5, 5.41) is 5.14. The van der Waals surface area contributed by atoms with Crippen molar-refractivity contribution in [2.24, 2.45) is 5.73 Å². The van der Waals surface area contributed by atoms with Crippen molar-refractivity contribution in [2.75, 3.05) is 18.5 Å². The normalized spacial score (nSPS) is 13.5. The lowest BCUT2D eigenvalue weighted by molar-refractivity contribution is 0.100. The van der Waals surface area contributed by atoms with Crippen LogP contribution in [0.3, 0.4) is 0 Å². The molecular formula is C24H23N5O2. The molecule has 0 bridgehead atoms. The van der Waals surface area contributed by atoms with Gasteiger partial charge in [0.15, 0.2) is 5.82 Å². The highest BCUT2D eigenvalue weighted by Crippen LogP contribution is 2.31. The maximum Gasteiger partial charge on any atom is 0.249 e. The SMILES string of the molecule is NC(=O)c1cccc2c(-c3nc4c(c(NCc5ccccc5)n3)CCOCC4)[nH]cc12. The van der Waals surface area contributed by atoms with E-state index in [1.54, 1.807) is 12.3 Å². The number of ether oxygens (including phenoxy) is 1. The van der Waals surface area contributed by atoms with Gasteiger partial charge in [0, 0.05) is 47.5 Å². The van der Waals surface area contributed by atoms with Crippen LogP contribution in [0.1, 0.15) is 27.2 Å². The topological polar surface area (TPSA) is 106 Å². The number of amides is 1. The average Bonchev–Trinajstić information content (AvgIpc) is 3.08. The van der Waals surface area contributed by atoms with Gasteiger partial charge >= 0.3 is 0 Å². The van der Waals surface area contributed by atoms with E-state index in [9.17, 15) is 4.79 Å². The zero-order valence-corrected chi connectivity index (χ0v) is 17.0. The molecule has 0 saturated carbocycles. The van der Waals surface area contributed by atoms with Gasteiger partial charge in [0.05, 0.1) is 24.6 Å². The first-order chi connectivity index (χ1) is 15.2. The minimum absolute atomic E-state index is 0.457. The molecule has 0 unspecified atom stereocenters. The van der Waals surface area contributed by atoms with Gasteiger partial charge in [0.2, 0.25) is 5.91 Å². The molecular weight excluding hydrogens is 390 g/mol. The molecule has 0 atom stereocenters. The zero-order valence-electron chi connectivity index (χ0n) is 17.0. The maximum atomic E-state index is 11.8. The second-order valence-corrected chi connectivity index (χ2v) is 7.57. The molecule has 0 fully saturated rings. The Morgan fingerprint density at radius 2 is 1.87 bits per heavy atom. The summed E-state index contributed by atoms with van der Waals surface area (Å²) in [6.07, 6.45) is 3.29. The third-order valence-corrected chi connectivity index (χ3v) is 5.60. The molecule has 2 aromatic heterocycles. The quantitative estimate of drug-likeness (QED) is 0.465. The van der Waals surface area contributed by atoms with Crippen molar-refractivity contribution < 1.29 is 9.53 Å². The molecule has 1 aliphatic rings. The van der Waals surface area contributed by atoms with E-state index in [2.05, 4.69) is 22.4 Å². The molecule has 0 radical (unpaired) electrons. The van der Waals surface area contributed by atoms with E-state index in [1.807, 2.05) is 30.3 Å².